The van der Waals surface area contributed by atoms with Crippen molar-refractivity contribution >= 4 is 35.3 Å². The largest absolute Gasteiger partial charge is 0.462 e. The number of imide groups is 1. The van der Waals surface area contributed by atoms with Crippen LogP contribution in [0.1, 0.15) is 78.1 Å². The Hall–Kier alpha value is -4.79. The first-order valence-corrected chi connectivity index (χ1v) is 15.5. The minimum atomic E-state index is -1.15. The molecule has 0 aromatic heterocycles. The van der Waals surface area contributed by atoms with Crippen LogP contribution in [0.2, 0.25) is 0 Å². The van der Waals surface area contributed by atoms with Gasteiger partial charge in [-0.1, -0.05) is 69.3 Å². The van der Waals surface area contributed by atoms with E-state index in [1.807, 2.05) is 69.3 Å². The van der Waals surface area contributed by atoms with E-state index in [0.717, 1.165) is 27.2 Å². The molecule has 0 spiro atoms. The van der Waals surface area contributed by atoms with Crippen LogP contribution in [0.15, 0.2) is 72.8 Å². The van der Waals surface area contributed by atoms with Gasteiger partial charge in [0, 0.05) is 17.5 Å². The molecule has 0 saturated carbocycles. The number of carbonyl (C=O) groups is 5. The van der Waals surface area contributed by atoms with Crippen LogP contribution in [0.4, 0.5) is 5.69 Å². The highest BCUT2D eigenvalue weighted by atomic mass is 16.5. The fraction of sp³-hybridized carbons (Fsp3) is 0.361. The van der Waals surface area contributed by atoms with Gasteiger partial charge in [0.2, 0.25) is 11.8 Å². The zero-order valence-corrected chi connectivity index (χ0v) is 25.5. The van der Waals surface area contributed by atoms with Gasteiger partial charge >= 0.3 is 11.9 Å². The van der Waals surface area contributed by atoms with Crippen molar-refractivity contribution in [1.29, 1.82) is 0 Å². The molecule has 0 unspecified atom stereocenters. The van der Waals surface area contributed by atoms with Crippen molar-refractivity contribution in [3.63, 3.8) is 0 Å². The molecular formula is C36H36N2O7. The van der Waals surface area contributed by atoms with Crippen molar-refractivity contribution in [1.82, 2.24) is 4.90 Å². The van der Waals surface area contributed by atoms with Gasteiger partial charge in [0.05, 0.1) is 24.0 Å². The summed E-state index contributed by atoms with van der Waals surface area (Å²) in [4.78, 5) is 67.8. The number of esters is 2. The standard InChI is InChI=1S/C36H36N2O7/c1-4-17-44-35(42)21-13-15-22(16-14-21)37-28(39)19-45-36(43)27(18-20(2)3)38-33(40)31-29-23-9-5-6-10-24(23)30(32(31)34(38)41)26-12-8-7-11-25(26)29/h5-16,20,27,29-32H,4,17-19H2,1-3H3,(H,37,39)/t27-,29?,30?,31+,32+/m0/s1. The van der Waals surface area contributed by atoms with E-state index in [1.165, 1.54) is 12.1 Å². The third kappa shape index (κ3) is 5.41. The number of carbonyl (C=O) groups excluding carboxylic acids is 5. The van der Waals surface area contributed by atoms with Crippen LogP contribution >= 0.6 is 0 Å². The number of ether oxygens (including phenoxy) is 2. The summed E-state index contributed by atoms with van der Waals surface area (Å²) in [5.74, 6) is -4.40. The molecular weight excluding hydrogens is 572 g/mol. The summed E-state index contributed by atoms with van der Waals surface area (Å²) >= 11 is 0. The van der Waals surface area contributed by atoms with E-state index < -0.39 is 42.3 Å². The lowest BCUT2D eigenvalue weighted by molar-refractivity contribution is -0.160. The molecule has 3 aromatic carbocycles. The monoisotopic (exact) mass is 608 g/mol. The molecule has 3 amide bonds. The maximum absolute atomic E-state index is 14.2. The van der Waals surface area contributed by atoms with Crippen LogP contribution in [0.3, 0.4) is 0 Å². The lowest BCUT2D eigenvalue weighted by Gasteiger charge is -2.45. The Morgan fingerprint density at radius 3 is 1.76 bits per heavy atom. The fourth-order valence-corrected chi connectivity index (χ4v) is 7.16. The number of hydrogen-bond donors (Lipinski definition) is 1. The normalized spacial score (nSPS) is 21.6. The summed E-state index contributed by atoms with van der Waals surface area (Å²) in [6.07, 6.45) is 0.920. The molecule has 9 nitrogen and oxygen atoms in total. The molecule has 1 heterocycles. The highest BCUT2D eigenvalue weighted by molar-refractivity contribution is 6.10. The molecule has 3 aliphatic carbocycles. The highest BCUT2D eigenvalue weighted by Gasteiger charge is 2.63. The van der Waals surface area contributed by atoms with Crippen LogP contribution in [-0.4, -0.2) is 53.8 Å². The molecule has 1 fully saturated rings. The molecule has 232 valence electrons. The number of nitrogens with zero attached hydrogens (tertiary/aromatic N) is 1. The van der Waals surface area contributed by atoms with Gasteiger partial charge in [-0.15, -0.1) is 0 Å². The lowest BCUT2D eigenvalue weighted by Crippen LogP contribution is -2.47. The van der Waals surface area contributed by atoms with Gasteiger partial charge < -0.3 is 14.8 Å². The van der Waals surface area contributed by atoms with Crippen LogP contribution in [-0.2, 0) is 28.7 Å². The number of rotatable bonds is 10. The minimum Gasteiger partial charge on any atom is -0.462 e. The molecule has 1 N–H and O–H groups in total. The maximum Gasteiger partial charge on any atom is 0.338 e. The first kappa shape index (κ1) is 30.2. The summed E-state index contributed by atoms with van der Waals surface area (Å²) in [6, 6.07) is 21.0. The summed E-state index contributed by atoms with van der Waals surface area (Å²) < 4.78 is 10.5. The summed E-state index contributed by atoms with van der Waals surface area (Å²) in [5, 5.41) is 2.64. The van der Waals surface area contributed by atoms with Crippen LogP contribution in [0.5, 0.6) is 0 Å². The quantitative estimate of drug-likeness (QED) is 0.253. The van der Waals surface area contributed by atoms with E-state index in [0.29, 0.717) is 24.3 Å². The van der Waals surface area contributed by atoms with E-state index in [4.69, 9.17) is 9.47 Å². The molecule has 0 radical (unpaired) electrons. The van der Waals surface area contributed by atoms with Crippen molar-refractivity contribution in [3.05, 3.63) is 101 Å². The average Bonchev–Trinajstić information content (AvgIpc) is 3.31. The zero-order chi connectivity index (χ0) is 31.8. The van der Waals surface area contributed by atoms with Crippen molar-refractivity contribution in [2.75, 3.05) is 18.5 Å². The number of likely N-dealkylation sites (tertiary alicyclic amines) is 1. The molecule has 3 aromatic rings. The van der Waals surface area contributed by atoms with Crippen molar-refractivity contribution in [2.24, 2.45) is 17.8 Å². The summed E-state index contributed by atoms with van der Waals surface area (Å²) in [6.45, 7) is 5.43. The Morgan fingerprint density at radius 1 is 0.778 bits per heavy atom. The van der Waals surface area contributed by atoms with Gasteiger partial charge in [0.1, 0.15) is 6.04 Å². The summed E-state index contributed by atoms with van der Waals surface area (Å²) in [7, 11) is 0. The highest BCUT2D eigenvalue weighted by Crippen LogP contribution is 2.61. The number of hydrogen-bond acceptors (Lipinski definition) is 7. The van der Waals surface area contributed by atoms with Crippen molar-refractivity contribution in [2.45, 2.75) is 51.5 Å². The SMILES string of the molecule is CCCOC(=O)c1ccc(NC(=O)COC(=O)[C@H](CC(C)C)N2C(=O)[C@@H]3C4c5ccccc5C(c5ccccc54)[C@H]3C2=O)cc1. The molecule has 1 aliphatic heterocycles. The second-order valence-electron chi connectivity index (χ2n) is 12.3. The maximum atomic E-state index is 14.2. The number of nitrogens with one attached hydrogen (secondary N) is 1. The third-order valence-electron chi connectivity index (χ3n) is 8.95. The molecule has 7 rings (SSSR count). The smallest absolute Gasteiger partial charge is 0.338 e. The number of amides is 3. The Morgan fingerprint density at radius 2 is 1.29 bits per heavy atom. The van der Waals surface area contributed by atoms with E-state index >= 15 is 0 Å². The van der Waals surface area contributed by atoms with Gasteiger partial charge in [0.15, 0.2) is 6.61 Å². The zero-order valence-electron chi connectivity index (χ0n) is 25.5. The summed E-state index contributed by atoms with van der Waals surface area (Å²) in [5.41, 5.74) is 4.97. The topological polar surface area (TPSA) is 119 Å². The van der Waals surface area contributed by atoms with Gasteiger partial charge in [-0.3, -0.25) is 19.3 Å². The van der Waals surface area contributed by atoms with Crippen LogP contribution in [0, 0.1) is 17.8 Å². The first-order valence-electron chi connectivity index (χ1n) is 15.5. The molecule has 4 aliphatic rings. The van der Waals surface area contributed by atoms with Gasteiger partial charge in [0.25, 0.3) is 5.91 Å². The number of benzene rings is 3. The first-order chi connectivity index (χ1) is 21.7. The van der Waals surface area contributed by atoms with Gasteiger partial charge in [-0.05, 0) is 65.3 Å². The molecule has 9 heteroatoms. The van der Waals surface area contributed by atoms with Crippen LogP contribution < -0.4 is 5.32 Å². The second kappa shape index (κ2) is 12.3. The predicted molar refractivity (Wildman–Crippen MR) is 165 cm³/mol. The average molecular weight is 609 g/mol. The van der Waals surface area contributed by atoms with Gasteiger partial charge in [-0.25, -0.2) is 9.59 Å². The Balaban J connectivity index is 1.18. The van der Waals surface area contributed by atoms with Crippen LogP contribution in [0.25, 0.3) is 0 Å². The Kier molecular flexibility index (Phi) is 8.27. The Labute approximate surface area is 261 Å². The third-order valence-corrected chi connectivity index (χ3v) is 8.95. The molecule has 45 heavy (non-hydrogen) atoms. The van der Waals surface area contributed by atoms with Gasteiger partial charge in [-0.2, -0.15) is 0 Å². The fourth-order valence-electron chi connectivity index (χ4n) is 7.16. The second-order valence-corrected chi connectivity index (χ2v) is 12.3. The minimum absolute atomic E-state index is 0.0340. The molecule has 1 saturated heterocycles. The van der Waals surface area contributed by atoms with Crippen molar-refractivity contribution < 1.29 is 33.4 Å². The Bertz CT molecular complexity index is 1550. The number of anilines is 1. The molecule has 2 bridgehead atoms. The van der Waals surface area contributed by atoms with E-state index in [-0.39, 0.29) is 36.0 Å². The van der Waals surface area contributed by atoms with Crippen molar-refractivity contribution in [3.8, 4) is 0 Å². The van der Waals surface area contributed by atoms with E-state index in [9.17, 15) is 24.0 Å². The molecule has 3 atom stereocenters. The van der Waals surface area contributed by atoms with E-state index in [2.05, 4.69) is 5.32 Å². The van der Waals surface area contributed by atoms with E-state index in [1.54, 1.807) is 12.1 Å². The lowest BCUT2D eigenvalue weighted by atomic mass is 9.55. The predicted octanol–water partition coefficient (Wildman–Crippen LogP) is 5.04.